The fraction of sp³-hybridized carbons (Fsp3) is 0.115. The number of rotatable bonds is 6. The highest BCUT2D eigenvalue weighted by Crippen LogP contribution is 2.36. The van der Waals surface area contributed by atoms with E-state index < -0.39 is 6.04 Å². The second-order valence-electron chi connectivity index (χ2n) is 8.15. The van der Waals surface area contributed by atoms with Crippen LogP contribution in [0.4, 0.5) is 11.6 Å². The summed E-state index contributed by atoms with van der Waals surface area (Å²) in [4.78, 5) is 17.8. The third-order valence-corrected chi connectivity index (χ3v) is 6.56. The number of fused-ring (bicyclic) bond motifs is 1. The first-order valence-electron chi connectivity index (χ1n) is 11.0. The molecule has 3 aromatic carbocycles. The van der Waals surface area contributed by atoms with E-state index in [-0.39, 0.29) is 12.5 Å². The average Bonchev–Trinajstić information content (AvgIpc) is 3.32. The molecule has 1 aliphatic rings. The Labute approximate surface area is 222 Å². The summed E-state index contributed by atoms with van der Waals surface area (Å²) in [5, 5.41) is 12.2. The van der Waals surface area contributed by atoms with Crippen molar-refractivity contribution in [3.8, 4) is 5.75 Å². The number of carbonyl (C=O) groups excluding carboxylic acids is 1. The first-order chi connectivity index (χ1) is 17.4. The van der Waals surface area contributed by atoms with Crippen molar-refractivity contribution in [2.45, 2.75) is 19.6 Å². The number of hydrogen-bond donors (Lipinski definition) is 2. The number of halogens is 3. The molecule has 2 N–H and O–H groups in total. The van der Waals surface area contributed by atoms with Gasteiger partial charge in [-0.05, 0) is 61.0 Å². The lowest BCUT2D eigenvalue weighted by Gasteiger charge is -2.29. The highest BCUT2D eigenvalue weighted by Gasteiger charge is 2.33. The summed E-state index contributed by atoms with van der Waals surface area (Å²) >= 11 is 18.3. The molecule has 0 bridgehead atoms. The first kappa shape index (κ1) is 24.2. The summed E-state index contributed by atoms with van der Waals surface area (Å²) < 4.78 is 7.71. The van der Waals surface area contributed by atoms with Gasteiger partial charge in [0.1, 0.15) is 24.7 Å². The summed E-state index contributed by atoms with van der Waals surface area (Å²) in [5.74, 6) is 0.890. The molecule has 0 unspecified atom stereocenters. The molecule has 7 nitrogen and oxygen atoms in total. The van der Waals surface area contributed by atoms with Crippen LogP contribution in [0.5, 0.6) is 5.75 Å². The molecule has 1 atom stereocenters. The van der Waals surface area contributed by atoms with Gasteiger partial charge in [-0.25, -0.2) is 4.68 Å². The average molecular weight is 541 g/mol. The van der Waals surface area contributed by atoms with Gasteiger partial charge in [0.2, 0.25) is 5.95 Å². The van der Waals surface area contributed by atoms with Gasteiger partial charge < -0.3 is 15.4 Å². The summed E-state index contributed by atoms with van der Waals surface area (Å²) in [6.45, 7) is 2.10. The number of allylic oxidation sites excluding steroid dienone is 1. The molecule has 0 fully saturated rings. The maximum Gasteiger partial charge on any atom is 0.255 e. The molecule has 182 valence electrons. The number of amides is 1. The van der Waals surface area contributed by atoms with Gasteiger partial charge in [0, 0.05) is 32.0 Å². The molecule has 0 radical (unpaired) electrons. The van der Waals surface area contributed by atoms with Crippen LogP contribution in [0.3, 0.4) is 0 Å². The van der Waals surface area contributed by atoms with Crippen LogP contribution in [0.15, 0.2) is 84.3 Å². The van der Waals surface area contributed by atoms with E-state index in [1.165, 1.54) is 6.33 Å². The third kappa shape index (κ3) is 5.04. The minimum absolute atomic E-state index is 0.263. The predicted molar refractivity (Wildman–Crippen MR) is 142 cm³/mol. The van der Waals surface area contributed by atoms with Crippen molar-refractivity contribution in [3.63, 3.8) is 0 Å². The largest absolute Gasteiger partial charge is 0.489 e. The number of benzene rings is 3. The molecule has 1 aromatic heterocycles. The topological polar surface area (TPSA) is 81.1 Å². The minimum atomic E-state index is -0.529. The molecule has 36 heavy (non-hydrogen) atoms. The van der Waals surface area contributed by atoms with Gasteiger partial charge in [0.25, 0.3) is 5.91 Å². The normalized spacial score (nSPS) is 14.7. The fourth-order valence-corrected chi connectivity index (χ4v) is 4.59. The molecule has 1 amide bonds. The van der Waals surface area contributed by atoms with Crippen LogP contribution in [-0.2, 0) is 11.4 Å². The molecule has 2 heterocycles. The number of nitrogens with one attached hydrogen (secondary N) is 2. The lowest BCUT2D eigenvalue weighted by atomic mass is 9.95. The van der Waals surface area contributed by atoms with E-state index in [9.17, 15) is 4.79 Å². The zero-order valence-corrected chi connectivity index (χ0v) is 21.3. The Morgan fingerprint density at radius 1 is 1.06 bits per heavy atom. The van der Waals surface area contributed by atoms with E-state index in [1.807, 2.05) is 37.3 Å². The summed E-state index contributed by atoms with van der Waals surface area (Å²) in [6, 6.07) is 19.2. The van der Waals surface area contributed by atoms with Crippen molar-refractivity contribution in [2.24, 2.45) is 0 Å². The van der Waals surface area contributed by atoms with E-state index in [0.29, 0.717) is 43.7 Å². The number of anilines is 2. The third-order valence-electron chi connectivity index (χ3n) is 5.72. The van der Waals surface area contributed by atoms with Crippen molar-refractivity contribution in [1.82, 2.24) is 14.8 Å². The predicted octanol–water partition coefficient (Wildman–Crippen LogP) is 6.74. The smallest absolute Gasteiger partial charge is 0.255 e. The van der Waals surface area contributed by atoms with Crippen LogP contribution < -0.4 is 15.4 Å². The molecule has 5 rings (SSSR count). The number of aromatic nitrogens is 3. The highest BCUT2D eigenvalue weighted by atomic mass is 35.5. The maximum absolute atomic E-state index is 13.5. The van der Waals surface area contributed by atoms with Crippen LogP contribution in [0, 0.1) is 0 Å². The summed E-state index contributed by atoms with van der Waals surface area (Å²) in [5.41, 5.74) is 3.42. The first-order valence-corrected chi connectivity index (χ1v) is 12.1. The Balaban J connectivity index is 1.45. The molecule has 4 aromatic rings. The molecule has 0 spiro atoms. The Hall–Kier alpha value is -3.52. The van der Waals surface area contributed by atoms with Crippen LogP contribution >= 0.6 is 34.8 Å². The summed E-state index contributed by atoms with van der Waals surface area (Å²) in [7, 11) is 0. The minimum Gasteiger partial charge on any atom is -0.489 e. The number of ether oxygens (including phenoxy) is 1. The molecule has 1 aliphatic heterocycles. The van der Waals surface area contributed by atoms with E-state index in [4.69, 9.17) is 39.5 Å². The van der Waals surface area contributed by atoms with Crippen LogP contribution in [-0.4, -0.2) is 20.7 Å². The second-order valence-corrected chi connectivity index (χ2v) is 9.43. The van der Waals surface area contributed by atoms with Gasteiger partial charge >= 0.3 is 0 Å². The van der Waals surface area contributed by atoms with Gasteiger partial charge in [0.15, 0.2) is 0 Å². The maximum atomic E-state index is 13.5. The van der Waals surface area contributed by atoms with Gasteiger partial charge in [-0.1, -0.05) is 53.0 Å². The van der Waals surface area contributed by atoms with Crippen LogP contribution in [0.1, 0.15) is 24.1 Å². The molecular weight excluding hydrogens is 521 g/mol. The van der Waals surface area contributed by atoms with Crippen LogP contribution in [0.25, 0.3) is 0 Å². The SMILES string of the molecule is CC1=C(C(=O)Nc2ccc(Cl)cc2)[C@H](c2cccc(OCc3ccc(Cl)cc3Cl)c2)n2ncnc2N1. The van der Waals surface area contributed by atoms with Crippen molar-refractivity contribution >= 4 is 52.3 Å². The Bertz CT molecular complexity index is 1470. The lowest BCUT2D eigenvalue weighted by Crippen LogP contribution is -2.31. The Kier molecular flexibility index (Phi) is 6.87. The standard InChI is InChI=1S/C26H20Cl3N5O2/c1-15-23(25(35)33-20-9-7-18(27)8-10-20)24(34-26(32-15)30-14-31-34)16-3-2-4-21(11-16)36-13-17-5-6-19(28)12-22(17)29/h2-12,14,24H,13H2,1H3,(H,33,35)(H,30,31,32)/t24-/m0/s1. The Morgan fingerprint density at radius 2 is 1.83 bits per heavy atom. The number of carbonyl (C=O) groups is 1. The monoisotopic (exact) mass is 539 g/mol. The zero-order valence-electron chi connectivity index (χ0n) is 19.0. The van der Waals surface area contributed by atoms with E-state index in [0.717, 1.165) is 11.1 Å². The second kappa shape index (κ2) is 10.2. The van der Waals surface area contributed by atoms with E-state index in [1.54, 1.807) is 41.1 Å². The van der Waals surface area contributed by atoms with Gasteiger partial charge in [-0.15, -0.1) is 0 Å². The van der Waals surface area contributed by atoms with E-state index >= 15 is 0 Å². The quantitative estimate of drug-likeness (QED) is 0.283. The molecule has 0 aliphatic carbocycles. The van der Waals surface area contributed by atoms with Crippen LogP contribution in [0.2, 0.25) is 15.1 Å². The lowest BCUT2D eigenvalue weighted by molar-refractivity contribution is -0.113. The van der Waals surface area contributed by atoms with E-state index in [2.05, 4.69) is 20.7 Å². The highest BCUT2D eigenvalue weighted by molar-refractivity contribution is 6.35. The van der Waals surface area contributed by atoms with Crippen molar-refractivity contribution in [2.75, 3.05) is 10.6 Å². The molecule has 10 heteroatoms. The zero-order chi connectivity index (χ0) is 25.2. The molecular formula is C26H20Cl3N5O2. The Morgan fingerprint density at radius 3 is 2.61 bits per heavy atom. The van der Waals surface area contributed by atoms with Gasteiger partial charge in [-0.2, -0.15) is 10.1 Å². The van der Waals surface area contributed by atoms with Gasteiger partial charge in [0.05, 0.1) is 5.57 Å². The molecule has 0 saturated heterocycles. The van der Waals surface area contributed by atoms with Gasteiger partial charge in [-0.3, -0.25) is 4.79 Å². The van der Waals surface area contributed by atoms with Crippen molar-refractivity contribution < 1.29 is 9.53 Å². The molecule has 0 saturated carbocycles. The number of hydrogen-bond acceptors (Lipinski definition) is 5. The van der Waals surface area contributed by atoms with Crippen molar-refractivity contribution in [3.05, 3.63) is 111 Å². The summed E-state index contributed by atoms with van der Waals surface area (Å²) in [6.07, 6.45) is 1.45. The van der Waals surface area contributed by atoms with Crippen molar-refractivity contribution in [1.29, 1.82) is 0 Å². The number of nitrogens with zero attached hydrogens (tertiary/aromatic N) is 3. The fourth-order valence-electron chi connectivity index (χ4n) is 4.00.